The maximum atomic E-state index is 11.7. The molecular formula is C12H15NOS. The number of carbonyl (C=O) groups excluding carboxylic acids is 1. The molecule has 15 heavy (non-hydrogen) atoms. The Hall–Kier alpha value is -0.830. The molecule has 1 aliphatic rings. The van der Waals surface area contributed by atoms with Gasteiger partial charge in [0.15, 0.2) is 5.78 Å². The Bertz CT molecular complexity index is 426. The molecule has 0 saturated heterocycles. The van der Waals surface area contributed by atoms with Gasteiger partial charge in [0.25, 0.3) is 0 Å². The van der Waals surface area contributed by atoms with Gasteiger partial charge in [-0.2, -0.15) is 0 Å². The molecule has 0 spiro atoms. The average molecular weight is 221 g/mol. The van der Waals surface area contributed by atoms with Gasteiger partial charge in [-0.25, -0.2) is 4.98 Å². The third-order valence-electron chi connectivity index (χ3n) is 3.02. The smallest absolute Gasteiger partial charge is 0.181 e. The first-order valence-corrected chi connectivity index (χ1v) is 6.45. The number of carbonyl (C=O) groups is 1. The number of rotatable bonds is 1. The fourth-order valence-electron chi connectivity index (χ4n) is 2.10. The summed E-state index contributed by atoms with van der Waals surface area (Å²) >= 11 is 1.73. The first kappa shape index (κ1) is 10.7. The number of hydrogen-bond acceptors (Lipinski definition) is 3. The Kier molecular flexibility index (Phi) is 2.83. The molecule has 0 bridgehead atoms. The van der Waals surface area contributed by atoms with Crippen LogP contribution in [0.3, 0.4) is 0 Å². The van der Waals surface area contributed by atoms with Crippen molar-refractivity contribution in [2.24, 2.45) is 0 Å². The molecule has 0 radical (unpaired) electrons. The second kappa shape index (κ2) is 3.97. The van der Waals surface area contributed by atoms with Crippen LogP contribution in [0.5, 0.6) is 0 Å². The minimum Gasteiger partial charge on any atom is -0.292 e. The number of pyridine rings is 1. The van der Waals surface area contributed by atoms with Crippen molar-refractivity contribution < 1.29 is 4.79 Å². The second-order valence-electron chi connectivity index (χ2n) is 3.96. The number of thioether (sulfide) groups is 1. The van der Waals surface area contributed by atoms with Gasteiger partial charge in [-0.15, -0.1) is 11.8 Å². The molecule has 0 aliphatic heterocycles. The monoisotopic (exact) mass is 221 g/mol. The first-order chi connectivity index (χ1) is 7.15. The summed E-state index contributed by atoms with van der Waals surface area (Å²) in [6, 6.07) is 0. The largest absolute Gasteiger partial charge is 0.292 e. The average Bonchev–Trinajstić information content (AvgIpc) is 2.22. The lowest BCUT2D eigenvalue weighted by atomic mass is 9.93. The Balaban J connectivity index is 2.69. The molecule has 0 fully saturated rings. The van der Waals surface area contributed by atoms with Crippen molar-refractivity contribution in [3.05, 3.63) is 22.5 Å². The van der Waals surface area contributed by atoms with Crippen molar-refractivity contribution in [2.75, 3.05) is 6.26 Å². The molecule has 1 heterocycles. The molecule has 1 aromatic heterocycles. The van der Waals surface area contributed by atoms with Crippen LogP contribution in [0.15, 0.2) is 4.90 Å². The van der Waals surface area contributed by atoms with Crippen LogP contribution < -0.4 is 0 Å². The van der Waals surface area contributed by atoms with Gasteiger partial charge in [-0.3, -0.25) is 4.79 Å². The highest BCUT2D eigenvalue weighted by Gasteiger charge is 2.23. The highest BCUT2D eigenvalue weighted by atomic mass is 32.2. The fraction of sp³-hybridized carbons (Fsp3) is 0.500. The predicted molar refractivity (Wildman–Crippen MR) is 62.8 cm³/mol. The quantitative estimate of drug-likeness (QED) is 0.683. The van der Waals surface area contributed by atoms with Crippen LogP contribution in [0.25, 0.3) is 0 Å². The van der Waals surface area contributed by atoms with E-state index in [2.05, 4.69) is 18.2 Å². The van der Waals surface area contributed by atoms with E-state index < -0.39 is 0 Å². The maximum Gasteiger partial charge on any atom is 0.181 e. The van der Waals surface area contributed by atoms with Crippen LogP contribution in [0.2, 0.25) is 0 Å². The number of fused-ring (bicyclic) bond motifs is 1. The van der Waals surface area contributed by atoms with Gasteiger partial charge in [0.2, 0.25) is 0 Å². The summed E-state index contributed by atoms with van der Waals surface area (Å²) in [6.07, 6.45) is 4.71. The number of hydrogen-bond donors (Lipinski definition) is 0. The van der Waals surface area contributed by atoms with Crippen molar-refractivity contribution in [1.29, 1.82) is 0 Å². The van der Waals surface area contributed by atoms with Gasteiger partial charge in [-0.05, 0) is 44.1 Å². The summed E-state index contributed by atoms with van der Waals surface area (Å²) in [5.41, 5.74) is 4.14. The van der Waals surface area contributed by atoms with Crippen LogP contribution in [0.4, 0.5) is 0 Å². The lowest BCUT2D eigenvalue weighted by Gasteiger charge is -2.19. The molecule has 0 N–H and O–H groups in total. The minimum absolute atomic E-state index is 0.217. The summed E-state index contributed by atoms with van der Waals surface area (Å²) in [7, 11) is 0. The second-order valence-corrected chi connectivity index (χ2v) is 4.78. The zero-order chi connectivity index (χ0) is 11.0. The molecule has 0 atom stereocenters. The first-order valence-electron chi connectivity index (χ1n) is 5.22. The van der Waals surface area contributed by atoms with Gasteiger partial charge < -0.3 is 0 Å². The standard InChI is InChI=1S/C12H15NOS/c1-7-8(2)13-11-9(12(7)15-3)5-4-6-10(11)14/h4-6H2,1-3H3. The van der Waals surface area contributed by atoms with Crippen LogP contribution in [0.1, 0.15) is 40.2 Å². The normalized spacial score (nSPS) is 15.3. The maximum absolute atomic E-state index is 11.7. The lowest BCUT2D eigenvalue weighted by Crippen LogP contribution is -2.16. The summed E-state index contributed by atoms with van der Waals surface area (Å²) in [6.45, 7) is 4.07. The summed E-state index contributed by atoms with van der Waals surface area (Å²) in [4.78, 5) is 17.5. The van der Waals surface area contributed by atoms with E-state index >= 15 is 0 Å². The van der Waals surface area contributed by atoms with Gasteiger partial charge in [0.05, 0.1) is 0 Å². The molecule has 0 saturated carbocycles. The summed E-state index contributed by atoms with van der Waals surface area (Å²) in [5.74, 6) is 0.217. The molecule has 0 aromatic carbocycles. The van der Waals surface area contributed by atoms with Crippen molar-refractivity contribution in [1.82, 2.24) is 4.98 Å². The van der Waals surface area contributed by atoms with Gasteiger partial charge in [-0.1, -0.05) is 0 Å². The lowest BCUT2D eigenvalue weighted by molar-refractivity contribution is 0.0966. The zero-order valence-corrected chi connectivity index (χ0v) is 10.2. The zero-order valence-electron chi connectivity index (χ0n) is 9.39. The van der Waals surface area contributed by atoms with E-state index in [1.165, 1.54) is 16.0 Å². The number of aryl methyl sites for hydroxylation is 1. The van der Waals surface area contributed by atoms with Crippen LogP contribution in [-0.4, -0.2) is 17.0 Å². The molecule has 2 rings (SSSR count). The van der Waals surface area contributed by atoms with E-state index in [9.17, 15) is 4.79 Å². The van der Waals surface area contributed by atoms with Crippen molar-refractivity contribution in [2.45, 2.75) is 38.0 Å². The Morgan fingerprint density at radius 1 is 1.27 bits per heavy atom. The molecule has 0 amide bonds. The summed E-state index contributed by atoms with van der Waals surface area (Å²) < 4.78 is 0. The Labute approximate surface area is 94.5 Å². The van der Waals surface area contributed by atoms with E-state index in [1.807, 2.05) is 6.92 Å². The number of ketones is 1. The van der Waals surface area contributed by atoms with Crippen molar-refractivity contribution >= 4 is 17.5 Å². The van der Waals surface area contributed by atoms with E-state index in [1.54, 1.807) is 11.8 Å². The fourth-order valence-corrected chi connectivity index (χ4v) is 3.00. The number of Topliss-reactive ketones (excluding diaryl/α,β-unsaturated/α-hetero) is 1. The molecule has 0 unspecified atom stereocenters. The SMILES string of the molecule is CSc1c(C)c(C)nc2c1CCCC2=O. The van der Waals surface area contributed by atoms with Crippen molar-refractivity contribution in [3.8, 4) is 0 Å². The summed E-state index contributed by atoms with van der Waals surface area (Å²) in [5, 5.41) is 0. The topological polar surface area (TPSA) is 30.0 Å². The molecule has 2 nitrogen and oxygen atoms in total. The van der Waals surface area contributed by atoms with Gasteiger partial charge >= 0.3 is 0 Å². The van der Waals surface area contributed by atoms with E-state index in [-0.39, 0.29) is 5.78 Å². The highest BCUT2D eigenvalue weighted by molar-refractivity contribution is 7.98. The number of aromatic nitrogens is 1. The van der Waals surface area contributed by atoms with Gasteiger partial charge in [0.1, 0.15) is 5.69 Å². The minimum atomic E-state index is 0.217. The molecule has 3 heteroatoms. The van der Waals surface area contributed by atoms with Crippen LogP contribution in [-0.2, 0) is 6.42 Å². The third kappa shape index (κ3) is 1.69. The molecular weight excluding hydrogens is 206 g/mol. The van der Waals surface area contributed by atoms with E-state index in [4.69, 9.17) is 0 Å². The Morgan fingerprint density at radius 3 is 2.67 bits per heavy atom. The van der Waals surface area contributed by atoms with Crippen LogP contribution >= 0.6 is 11.8 Å². The highest BCUT2D eigenvalue weighted by Crippen LogP contribution is 2.32. The molecule has 1 aliphatic carbocycles. The molecule has 1 aromatic rings. The molecule has 80 valence electrons. The van der Waals surface area contributed by atoms with Gasteiger partial charge in [0, 0.05) is 17.0 Å². The van der Waals surface area contributed by atoms with E-state index in [0.29, 0.717) is 6.42 Å². The van der Waals surface area contributed by atoms with Crippen molar-refractivity contribution in [3.63, 3.8) is 0 Å². The number of nitrogens with zero attached hydrogens (tertiary/aromatic N) is 1. The third-order valence-corrected chi connectivity index (χ3v) is 3.98. The Morgan fingerprint density at radius 2 is 2.00 bits per heavy atom. The van der Waals surface area contributed by atoms with Crippen LogP contribution in [0, 0.1) is 13.8 Å². The predicted octanol–water partition coefficient (Wildman–Crippen LogP) is 2.94. The van der Waals surface area contributed by atoms with E-state index in [0.717, 1.165) is 24.2 Å².